The van der Waals surface area contributed by atoms with Crippen molar-refractivity contribution in [1.29, 1.82) is 0 Å². The number of carbonyl (C=O) groups is 1. The molecule has 0 spiro atoms. The molecule has 0 saturated heterocycles. The molecule has 0 aromatic heterocycles. The summed E-state index contributed by atoms with van der Waals surface area (Å²) in [6, 6.07) is 6.18. The van der Waals surface area contributed by atoms with Gasteiger partial charge in [0.05, 0.1) is 12.1 Å². The van der Waals surface area contributed by atoms with Gasteiger partial charge in [0.15, 0.2) is 0 Å². The van der Waals surface area contributed by atoms with Crippen LogP contribution in [0.4, 0.5) is 0 Å². The molecular formula is C13H16N2O2. The van der Waals surface area contributed by atoms with Crippen molar-refractivity contribution in [3.63, 3.8) is 0 Å². The van der Waals surface area contributed by atoms with Gasteiger partial charge in [0.2, 0.25) is 5.91 Å². The number of carbonyl (C=O) groups excluding carboxylic acids is 1. The van der Waals surface area contributed by atoms with Crippen LogP contribution in [0, 0.1) is 0 Å². The van der Waals surface area contributed by atoms with Crippen LogP contribution in [0.15, 0.2) is 18.2 Å². The molecule has 0 unspecified atom stereocenters. The Balaban J connectivity index is 1.68. The lowest BCUT2D eigenvalue weighted by Gasteiger charge is -2.13. The van der Waals surface area contributed by atoms with Crippen LogP contribution in [-0.4, -0.2) is 18.1 Å². The van der Waals surface area contributed by atoms with E-state index in [-0.39, 0.29) is 5.91 Å². The van der Waals surface area contributed by atoms with Crippen molar-refractivity contribution in [3.05, 3.63) is 29.3 Å². The Kier molecular flexibility index (Phi) is 2.33. The van der Waals surface area contributed by atoms with Crippen LogP contribution in [0.5, 0.6) is 5.75 Å². The largest absolute Gasteiger partial charge is 0.493 e. The van der Waals surface area contributed by atoms with Gasteiger partial charge in [-0.05, 0) is 30.0 Å². The normalized spacial score (nSPS) is 19.5. The predicted octanol–water partition coefficient (Wildman–Crippen LogP) is 0.729. The van der Waals surface area contributed by atoms with E-state index in [0.29, 0.717) is 6.54 Å². The van der Waals surface area contributed by atoms with Crippen molar-refractivity contribution >= 4 is 5.91 Å². The molecule has 4 heteroatoms. The molecule has 1 aromatic carbocycles. The van der Waals surface area contributed by atoms with Crippen molar-refractivity contribution in [2.24, 2.45) is 5.73 Å². The topological polar surface area (TPSA) is 64.4 Å². The van der Waals surface area contributed by atoms with Gasteiger partial charge in [-0.15, -0.1) is 0 Å². The highest BCUT2D eigenvalue weighted by Crippen LogP contribution is 2.35. The maximum atomic E-state index is 11.2. The summed E-state index contributed by atoms with van der Waals surface area (Å²) >= 11 is 0. The predicted molar refractivity (Wildman–Crippen MR) is 63.6 cm³/mol. The van der Waals surface area contributed by atoms with Gasteiger partial charge in [-0.3, -0.25) is 10.1 Å². The molecule has 0 atom stereocenters. The Morgan fingerprint density at radius 2 is 2.29 bits per heavy atom. The molecule has 2 aliphatic rings. The van der Waals surface area contributed by atoms with Gasteiger partial charge in [0, 0.05) is 13.0 Å². The van der Waals surface area contributed by atoms with Crippen molar-refractivity contribution in [1.82, 2.24) is 5.32 Å². The fourth-order valence-electron chi connectivity index (χ4n) is 2.26. The third kappa shape index (κ3) is 1.89. The maximum absolute atomic E-state index is 11.2. The van der Waals surface area contributed by atoms with Gasteiger partial charge in [-0.2, -0.15) is 0 Å². The summed E-state index contributed by atoms with van der Waals surface area (Å²) in [6.45, 7) is 1.47. The highest BCUT2D eigenvalue weighted by Gasteiger charge is 2.47. The van der Waals surface area contributed by atoms with E-state index in [1.807, 2.05) is 12.1 Å². The van der Waals surface area contributed by atoms with Crippen LogP contribution in [0.1, 0.15) is 24.0 Å². The first-order chi connectivity index (χ1) is 8.20. The molecule has 1 saturated carbocycles. The quantitative estimate of drug-likeness (QED) is 0.804. The number of hydrogen-bond donors (Lipinski definition) is 2. The molecular weight excluding hydrogens is 216 g/mol. The van der Waals surface area contributed by atoms with E-state index in [9.17, 15) is 4.79 Å². The van der Waals surface area contributed by atoms with E-state index in [4.69, 9.17) is 10.5 Å². The third-order valence-electron chi connectivity index (χ3n) is 3.61. The van der Waals surface area contributed by atoms with E-state index >= 15 is 0 Å². The SMILES string of the molecule is NC(=O)C1(NCc2ccc3c(c2)CCO3)CC1. The van der Waals surface area contributed by atoms with Crippen molar-refractivity contribution in [3.8, 4) is 5.75 Å². The second kappa shape index (κ2) is 3.74. The van der Waals surface area contributed by atoms with Crippen molar-refractivity contribution in [2.75, 3.05) is 6.61 Å². The second-order valence-electron chi connectivity index (χ2n) is 4.84. The lowest BCUT2D eigenvalue weighted by molar-refractivity contribution is -0.121. The molecule has 0 bridgehead atoms. The van der Waals surface area contributed by atoms with Gasteiger partial charge in [0.25, 0.3) is 0 Å². The number of primary amides is 1. The number of benzene rings is 1. The number of ether oxygens (including phenoxy) is 1. The molecule has 0 radical (unpaired) electrons. The van der Waals surface area contributed by atoms with Crippen LogP contribution in [0.25, 0.3) is 0 Å². The summed E-state index contributed by atoms with van der Waals surface area (Å²) in [4.78, 5) is 11.2. The maximum Gasteiger partial charge on any atom is 0.237 e. The van der Waals surface area contributed by atoms with E-state index in [1.54, 1.807) is 0 Å². The summed E-state index contributed by atoms with van der Waals surface area (Å²) in [7, 11) is 0. The third-order valence-corrected chi connectivity index (χ3v) is 3.61. The van der Waals surface area contributed by atoms with Gasteiger partial charge in [0.1, 0.15) is 5.75 Å². The second-order valence-corrected chi connectivity index (χ2v) is 4.84. The molecule has 17 heavy (non-hydrogen) atoms. The fraction of sp³-hybridized carbons (Fsp3) is 0.462. The first-order valence-corrected chi connectivity index (χ1v) is 5.99. The van der Waals surface area contributed by atoms with Gasteiger partial charge in [-0.25, -0.2) is 0 Å². The van der Waals surface area contributed by atoms with E-state index < -0.39 is 5.54 Å². The van der Waals surface area contributed by atoms with Crippen LogP contribution in [0.2, 0.25) is 0 Å². The minimum absolute atomic E-state index is 0.234. The average Bonchev–Trinajstić information content (AvgIpc) is 2.98. The Labute approximate surface area is 100 Å². The molecule has 4 nitrogen and oxygen atoms in total. The monoisotopic (exact) mass is 232 g/mol. The number of rotatable bonds is 4. The van der Waals surface area contributed by atoms with Gasteiger partial charge < -0.3 is 10.5 Å². The zero-order valence-corrected chi connectivity index (χ0v) is 9.66. The minimum atomic E-state index is -0.435. The van der Waals surface area contributed by atoms with E-state index in [2.05, 4.69) is 11.4 Å². The molecule has 1 amide bonds. The molecule has 3 rings (SSSR count). The summed E-state index contributed by atoms with van der Waals surface area (Å²) < 4.78 is 5.45. The molecule has 1 aliphatic heterocycles. The molecule has 1 heterocycles. The lowest BCUT2D eigenvalue weighted by Crippen LogP contribution is -2.43. The zero-order valence-electron chi connectivity index (χ0n) is 9.66. The average molecular weight is 232 g/mol. The molecule has 1 fully saturated rings. The first-order valence-electron chi connectivity index (χ1n) is 5.99. The number of fused-ring (bicyclic) bond motifs is 1. The molecule has 1 aliphatic carbocycles. The smallest absolute Gasteiger partial charge is 0.237 e. The van der Waals surface area contributed by atoms with Crippen LogP contribution < -0.4 is 15.8 Å². The van der Waals surface area contributed by atoms with Crippen molar-refractivity contribution in [2.45, 2.75) is 31.3 Å². The summed E-state index contributed by atoms with van der Waals surface area (Å²) in [5, 5.41) is 3.26. The standard InChI is InChI=1S/C13H16N2O2/c14-12(16)13(4-5-13)15-8-9-1-2-11-10(7-9)3-6-17-11/h1-2,7,15H,3-6,8H2,(H2,14,16). The summed E-state index contributed by atoms with van der Waals surface area (Å²) in [6.07, 6.45) is 2.69. The zero-order chi connectivity index (χ0) is 11.9. The minimum Gasteiger partial charge on any atom is -0.493 e. The number of nitrogens with two attached hydrogens (primary N) is 1. The molecule has 3 N–H and O–H groups in total. The highest BCUT2D eigenvalue weighted by molar-refractivity contribution is 5.87. The number of amides is 1. The van der Waals surface area contributed by atoms with Crippen LogP contribution >= 0.6 is 0 Å². The van der Waals surface area contributed by atoms with Gasteiger partial charge in [-0.1, -0.05) is 12.1 Å². The highest BCUT2D eigenvalue weighted by atomic mass is 16.5. The van der Waals surface area contributed by atoms with E-state index in [0.717, 1.165) is 31.6 Å². The fourth-order valence-corrected chi connectivity index (χ4v) is 2.26. The lowest BCUT2D eigenvalue weighted by atomic mass is 10.1. The Morgan fingerprint density at radius 1 is 1.47 bits per heavy atom. The Morgan fingerprint density at radius 3 is 3.00 bits per heavy atom. The summed E-state index contributed by atoms with van der Waals surface area (Å²) in [5.41, 5.74) is 7.37. The first kappa shape index (κ1) is 10.6. The van der Waals surface area contributed by atoms with E-state index in [1.165, 1.54) is 11.1 Å². The Bertz CT molecular complexity index is 466. The van der Waals surface area contributed by atoms with Crippen molar-refractivity contribution < 1.29 is 9.53 Å². The number of hydrogen-bond acceptors (Lipinski definition) is 3. The van der Waals surface area contributed by atoms with Crippen LogP contribution in [-0.2, 0) is 17.8 Å². The van der Waals surface area contributed by atoms with Gasteiger partial charge >= 0.3 is 0 Å². The number of nitrogens with one attached hydrogen (secondary N) is 1. The molecule has 1 aromatic rings. The Hall–Kier alpha value is -1.55. The summed E-state index contributed by atoms with van der Waals surface area (Å²) in [5.74, 6) is 0.756. The van der Waals surface area contributed by atoms with Crippen LogP contribution in [0.3, 0.4) is 0 Å². The molecule has 90 valence electrons.